The second-order valence-corrected chi connectivity index (χ2v) is 17.2. The first-order valence-corrected chi connectivity index (χ1v) is 21.0. The van der Waals surface area contributed by atoms with Crippen LogP contribution in [0.3, 0.4) is 0 Å². The second-order valence-electron chi connectivity index (χ2n) is 16.1. The van der Waals surface area contributed by atoms with Gasteiger partial charge in [0.2, 0.25) is 23.5 Å². The van der Waals surface area contributed by atoms with Gasteiger partial charge in [0.25, 0.3) is 11.8 Å². The number of carbonyl (C=O) groups excluding carboxylic acids is 6. The van der Waals surface area contributed by atoms with Crippen LogP contribution in [-0.4, -0.2) is 97.9 Å². The minimum absolute atomic E-state index is 0.0184. The number of likely N-dealkylation sites (tertiary alicyclic amines) is 1. The molecular formula is C40H55IN8O6. The molecular weight excluding hydrogens is 815 g/mol. The molecule has 0 bridgehead atoms. The number of Topliss-reactive ketones (excluding diaryl/α,β-unsaturated/α-hetero) is 1. The summed E-state index contributed by atoms with van der Waals surface area (Å²) in [6.45, 7) is 8.28. The molecule has 2 aliphatic heterocycles. The Morgan fingerprint density at radius 1 is 0.927 bits per heavy atom. The van der Waals surface area contributed by atoms with Crippen LogP contribution in [0.1, 0.15) is 101 Å². The molecule has 3 heterocycles. The van der Waals surface area contributed by atoms with Gasteiger partial charge < -0.3 is 31.5 Å². The molecule has 2 aromatic rings. The molecule has 3 aliphatic rings. The Hall–Kier alpha value is -3.99. The number of nitrogens with zero attached hydrogens (tertiary/aromatic N) is 3. The van der Waals surface area contributed by atoms with Crippen LogP contribution in [0.5, 0.6) is 0 Å². The molecule has 2 saturated heterocycles. The van der Waals surface area contributed by atoms with Crippen molar-refractivity contribution >= 4 is 57.9 Å². The van der Waals surface area contributed by atoms with Crippen molar-refractivity contribution in [2.45, 2.75) is 115 Å². The van der Waals surface area contributed by atoms with Crippen molar-refractivity contribution in [3.8, 4) is 0 Å². The molecule has 55 heavy (non-hydrogen) atoms. The van der Waals surface area contributed by atoms with Crippen molar-refractivity contribution in [3.63, 3.8) is 0 Å². The highest BCUT2D eigenvalue weighted by atomic mass is 127. The normalized spacial score (nSPS) is 22.1. The zero-order valence-electron chi connectivity index (χ0n) is 32.2. The lowest BCUT2D eigenvalue weighted by Crippen LogP contribution is -2.63. The number of aromatic nitrogens is 2. The Balaban J connectivity index is 1.34. The first-order valence-electron chi connectivity index (χ1n) is 19.5. The van der Waals surface area contributed by atoms with Gasteiger partial charge in [-0.3, -0.25) is 33.8 Å². The van der Waals surface area contributed by atoms with E-state index in [9.17, 15) is 28.8 Å². The van der Waals surface area contributed by atoms with E-state index in [4.69, 9.17) is 0 Å². The summed E-state index contributed by atoms with van der Waals surface area (Å²) < 4.78 is 0.501. The third kappa shape index (κ3) is 10.9. The molecule has 0 unspecified atom stereocenters. The average Bonchev–Trinajstić information content (AvgIpc) is 3.78. The van der Waals surface area contributed by atoms with Gasteiger partial charge in [0.1, 0.15) is 23.8 Å². The van der Waals surface area contributed by atoms with Gasteiger partial charge in [-0.15, -0.1) is 0 Å². The van der Waals surface area contributed by atoms with Gasteiger partial charge in [-0.25, -0.2) is 4.98 Å². The molecule has 7 atom stereocenters. The molecule has 0 spiro atoms. The number of fused-ring (bicyclic) bond motifs is 1. The summed E-state index contributed by atoms with van der Waals surface area (Å²) in [6, 6.07) is 4.44. The van der Waals surface area contributed by atoms with E-state index in [1.54, 1.807) is 6.92 Å². The summed E-state index contributed by atoms with van der Waals surface area (Å²) in [7, 11) is 0. The predicted molar refractivity (Wildman–Crippen MR) is 215 cm³/mol. The molecule has 1 aromatic carbocycles. The van der Waals surface area contributed by atoms with Crippen molar-refractivity contribution < 1.29 is 28.8 Å². The van der Waals surface area contributed by atoms with E-state index >= 15 is 0 Å². The maximum atomic E-state index is 14.7. The number of carbonyl (C=O) groups is 6. The second kappa shape index (κ2) is 19.2. The summed E-state index contributed by atoms with van der Waals surface area (Å²) in [5.41, 5.74) is 0.140. The Kier molecular flexibility index (Phi) is 14.7. The topological polar surface area (TPSA) is 192 Å². The van der Waals surface area contributed by atoms with E-state index in [2.05, 4.69) is 59.1 Å². The fourth-order valence-electron chi connectivity index (χ4n) is 8.03. The Morgan fingerprint density at radius 2 is 1.65 bits per heavy atom. The van der Waals surface area contributed by atoms with Gasteiger partial charge in [0, 0.05) is 29.4 Å². The number of nitrogens with one attached hydrogen (secondary N) is 5. The highest BCUT2D eigenvalue weighted by Gasteiger charge is 2.52. The predicted octanol–water partition coefficient (Wildman–Crippen LogP) is 3.02. The molecule has 3 fully saturated rings. The minimum atomic E-state index is -1.10. The van der Waals surface area contributed by atoms with E-state index in [0.29, 0.717) is 17.4 Å². The van der Waals surface area contributed by atoms with Gasteiger partial charge >= 0.3 is 0 Å². The first kappa shape index (κ1) is 42.2. The standard InChI is InChI=1S/C40H55IN8O6/c1-24(26-13-9-6-10-14-26)45-38(54)33(50)28(15-17-41)46-37(53)32-31-27(16-18-44-31)23-49(32)39(55)34(40(2,3)4)48-35(51)29(21-25-11-7-5-8-12-25)47-36(52)30-22-42-19-20-43-30/h6,9-10,13-14,19-20,22,24-25,27-29,31-32,34,44H,5,7-8,11-12,15-18,21,23H2,1-4H3,(H,45,54)(H,46,53)(H,47,52)(H,48,51)/t24-,27-,28-,29-,31-,32-,34+/m0/s1. The minimum Gasteiger partial charge on any atom is -0.344 e. The summed E-state index contributed by atoms with van der Waals surface area (Å²) in [4.78, 5) is 92.7. The van der Waals surface area contributed by atoms with Gasteiger partial charge in [0.15, 0.2) is 0 Å². The van der Waals surface area contributed by atoms with Crippen LogP contribution >= 0.6 is 22.6 Å². The number of halogens is 1. The fourth-order valence-corrected chi connectivity index (χ4v) is 8.65. The quantitative estimate of drug-likeness (QED) is 0.102. The van der Waals surface area contributed by atoms with Gasteiger partial charge in [-0.2, -0.15) is 0 Å². The lowest BCUT2D eigenvalue weighted by atomic mass is 9.83. The number of rotatable bonds is 15. The van der Waals surface area contributed by atoms with Crippen molar-refractivity contribution in [3.05, 3.63) is 60.2 Å². The zero-order chi connectivity index (χ0) is 39.7. The van der Waals surface area contributed by atoms with E-state index < -0.39 is 70.9 Å². The third-order valence-electron chi connectivity index (χ3n) is 11.1. The average molecular weight is 871 g/mol. The molecule has 298 valence electrons. The number of ketones is 1. The molecule has 1 saturated carbocycles. The Morgan fingerprint density at radius 3 is 2.31 bits per heavy atom. The van der Waals surface area contributed by atoms with E-state index in [-0.39, 0.29) is 36.5 Å². The molecule has 1 aromatic heterocycles. The Labute approximate surface area is 337 Å². The van der Waals surface area contributed by atoms with Crippen molar-refractivity contribution in [2.75, 3.05) is 17.5 Å². The molecule has 15 heteroatoms. The van der Waals surface area contributed by atoms with Crippen LogP contribution in [0.15, 0.2) is 48.9 Å². The molecule has 5 amide bonds. The van der Waals surface area contributed by atoms with Crippen LogP contribution < -0.4 is 26.6 Å². The van der Waals surface area contributed by atoms with E-state index in [0.717, 1.165) is 44.1 Å². The Bertz CT molecular complexity index is 1670. The highest BCUT2D eigenvalue weighted by molar-refractivity contribution is 14.1. The van der Waals surface area contributed by atoms with E-state index in [1.807, 2.05) is 51.1 Å². The number of alkyl halides is 1. The van der Waals surface area contributed by atoms with E-state index in [1.165, 1.54) is 23.5 Å². The molecule has 0 radical (unpaired) electrons. The number of hydrogen-bond donors (Lipinski definition) is 5. The van der Waals surface area contributed by atoms with Crippen LogP contribution in [0.2, 0.25) is 0 Å². The molecule has 1 aliphatic carbocycles. The number of amides is 5. The lowest BCUT2D eigenvalue weighted by molar-refractivity contribution is -0.145. The number of hydrogen-bond acceptors (Lipinski definition) is 9. The van der Waals surface area contributed by atoms with Crippen LogP contribution in [0.25, 0.3) is 0 Å². The van der Waals surface area contributed by atoms with Crippen LogP contribution in [0, 0.1) is 17.3 Å². The van der Waals surface area contributed by atoms with Gasteiger partial charge in [-0.1, -0.05) is 106 Å². The van der Waals surface area contributed by atoms with Crippen LogP contribution in [0.4, 0.5) is 0 Å². The van der Waals surface area contributed by atoms with Crippen molar-refractivity contribution in [1.82, 2.24) is 41.5 Å². The first-order chi connectivity index (χ1) is 26.3. The van der Waals surface area contributed by atoms with Gasteiger partial charge in [0.05, 0.1) is 18.3 Å². The van der Waals surface area contributed by atoms with Gasteiger partial charge in [-0.05, 0) is 55.5 Å². The maximum absolute atomic E-state index is 14.7. The molecule has 5 rings (SSSR count). The monoisotopic (exact) mass is 870 g/mol. The SMILES string of the molecule is C[C@H](NC(=O)C(=O)[C@H](CCI)NC(=O)[C@@H]1[C@H]2NCC[C@H]2CN1C(=O)[C@@H](NC(=O)[C@H](CC1CCCCC1)NC(=O)c1cnccn1)C(C)(C)C)c1ccccc1. The largest absolute Gasteiger partial charge is 0.344 e. The highest BCUT2D eigenvalue weighted by Crippen LogP contribution is 2.34. The zero-order valence-corrected chi connectivity index (χ0v) is 34.3. The lowest BCUT2D eigenvalue weighted by Gasteiger charge is -2.37. The number of benzene rings is 1. The summed E-state index contributed by atoms with van der Waals surface area (Å²) in [6.07, 6.45) is 10.7. The summed E-state index contributed by atoms with van der Waals surface area (Å²) in [5.74, 6) is -3.33. The molecule has 5 N–H and O–H groups in total. The van der Waals surface area contributed by atoms with Crippen molar-refractivity contribution in [2.24, 2.45) is 17.3 Å². The fraction of sp³-hybridized carbons (Fsp3) is 0.600. The molecule has 14 nitrogen and oxygen atoms in total. The third-order valence-corrected chi connectivity index (χ3v) is 11.7. The summed E-state index contributed by atoms with van der Waals surface area (Å²) >= 11 is 2.10. The van der Waals surface area contributed by atoms with Crippen LogP contribution in [-0.2, 0) is 24.0 Å². The summed E-state index contributed by atoms with van der Waals surface area (Å²) in [5, 5.41) is 14.8. The maximum Gasteiger partial charge on any atom is 0.290 e. The van der Waals surface area contributed by atoms with Crippen molar-refractivity contribution in [1.29, 1.82) is 0 Å². The smallest absolute Gasteiger partial charge is 0.290 e.